The number of methoxy groups -OCH3 is 1. The quantitative estimate of drug-likeness (QED) is 0.704. The Morgan fingerprint density at radius 3 is 2.69 bits per heavy atom. The van der Waals surface area contributed by atoms with E-state index < -0.39 is 6.61 Å². The van der Waals surface area contributed by atoms with Crippen LogP contribution in [0.1, 0.15) is 12.0 Å². The van der Waals surface area contributed by atoms with Gasteiger partial charge in [-0.1, -0.05) is 6.07 Å². The van der Waals surface area contributed by atoms with Crippen LogP contribution in [-0.2, 0) is 11.2 Å². The Hall–Kier alpha value is -1.65. The standard InChI is InChI=1S/C11H12F2O3/c1-15-9-5-4-8(3-2-6-14)7-10(9)16-11(12)13/h4-7,11H,2-3H2,1H3. The van der Waals surface area contributed by atoms with Crippen molar-refractivity contribution >= 4 is 6.29 Å². The normalized spacial score (nSPS) is 10.2. The van der Waals surface area contributed by atoms with Crippen molar-refractivity contribution in [3.63, 3.8) is 0 Å². The van der Waals surface area contributed by atoms with E-state index >= 15 is 0 Å². The highest BCUT2D eigenvalue weighted by Crippen LogP contribution is 2.29. The van der Waals surface area contributed by atoms with Gasteiger partial charge in [-0.25, -0.2) is 0 Å². The topological polar surface area (TPSA) is 35.5 Å². The molecule has 0 heterocycles. The van der Waals surface area contributed by atoms with E-state index in [2.05, 4.69) is 4.74 Å². The highest BCUT2D eigenvalue weighted by molar-refractivity contribution is 5.51. The first-order valence-electron chi connectivity index (χ1n) is 4.72. The lowest BCUT2D eigenvalue weighted by atomic mass is 10.1. The van der Waals surface area contributed by atoms with Gasteiger partial charge in [0, 0.05) is 6.42 Å². The SMILES string of the molecule is COc1ccc(CCC=O)cc1OC(F)F. The third-order valence-corrected chi connectivity index (χ3v) is 1.99. The van der Waals surface area contributed by atoms with Crippen LogP contribution in [0, 0.1) is 0 Å². The van der Waals surface area contributed by atoms with Crippen molar-refractivity contribution in [2.75, 3.05) is 7.11 Å². The molecule has 5 heteroatoms. The van der Waals surface area contributed by atoms with Gasteiger partial charge in [0.2, 0.25) is 0 Å². The number of alkyl halides is 2. The molecule has 0 radical (unpaired) electrons. The Morgan fingerprint density at radius 2 is 2.12 bits per heavy atom. The second kappa shape index (κ2) is 6.05. The van der Waals surface area contributed by atoms with Crippen LogP contribution >= 0.6 is 0 Å². The average molecular weight is 230 g/mol. The Bertz CT molecular complexity index is 353. The van der Waals surface area contributed by atoms with Gasteiger partial charge in [0.15, 0.2) is 11.5 Å². The molecule has 0 N–H and O–H groups in total. The van der Waals surface area contributed by atoms with Crippen molar-refractivity contribution < 1.29 is 23.0 Å². The van der Waals surface area contributed by atoms with E-state index in [1.54, 1.807) is 6.07 Å². The molecule has 1 aromatic carbocycles. The number of hydrogen-bond donors (Lipinski definition) is 0. The number of aldehydes is 1. The van der Waals surface area contributed by atoms with Crippen molar-refractivity contribution in [3.8, 4) is 11.5 Å². The molecule has 3 nitrogen and oxygen atoms in total. The number of carbonyl (C=O) groups excluding carboxylic acids is 1. The monoisotopic (exact) mass is 230 g/mol. The molecule has 0 aliphatic carbocycles. The van der Waals surface area contributed by atoms with Gasteiger partial charge in [0.1, 0.15) is 6.29 Å². The van der Waals surface area contributed by atoms with Crippen LogP contribution in [0.3, 0.4) is 0 Å². The van der Waals surface area contributed by atoms with Crippen LogP contribution < -0.4 is 9.47 Å². The minimum atomic E-state index is -2.89. The van der Waals surface area contributed by atoms with Crippen LogP contribution in [0.25, 0.3) is 0 Å². The summed E-state index contributed by atoms with van der Waals surface area (Å²) in [4.78, 5) is 10.2. The predicted octanol–water partition coefficient (Wildman–Crippen LogP) is 2.43. The fourth-order valence-corrected chi connectivity index (χ4v) is 1.29. The third kappa shape index (κ3) is 3.49. The largest absolute Gasteiger partial charge is 0.493 e. The smallest absolute Gasteiger partial charge is 0.387 e. The van der Waals surface area contributed by atoms with Gasteiger partial charge in [0.05, 0.1) is 7.11 Å². The number of aryl methyl sites for hydroxylation is 1. The second-order valence-electron chi connectivity index (χ2n) is 3.07. The van der Waals surface area contributed by atoms with Crippen LogP contribution in [0.4, 0.5) is 8.78 Å². The van der Waals surface area contributed by atoms with Gasteiger partial charge < -0.3 is 14.3 Å². The molecule has 0 aliphatic rings. The first kappa shape index (κ1) is 12.4. The lowest BCUT2D eigenvalue weighted by molar-refractivity contribution is -0.107. The Labute approximate surface area is 92.0 Å². The summed E-state index contributed by atoms with van der Waals surface area (Å²) in [6.07, 6.45) is 1.62. The fourth-order valence-electron chi connectivity index (χ4n) is 1.29. The molecule has 0 fully saturated rings. The lowest BCUT2D eigenvalue weighted by Gasteiger charge is -2.10. The maximum Gasteiger partial charge on any atom is 0.387 e. The van der Waals surface area contributed by atoms with Crippen molar-refractivity contribution in [2.24, 2.45) is 0 Å². The first-order valence-corrected chi connectivity index (χ1v) is 4.72. The third-order valence-electron chi connectivity index (χ3n) is 1.99. The van der Waals surface area contributed by atoms with Gasteiger partial charge in [-0.2, -0.15) is 8.78 Å². The number of hydrogen-bond acceptors (Lipinski definition) is 3. The summed E-state index contributed by atoms with van der Waals surface area (Å²) in [6.45, 7) is -2.89. The van der Waals surface area contributed by atoms with Crippen LogP contribution in [0.15, 0.2) is 18.2 Å². The first-order chi connectivity index (χ1) is 7.67. The Kier molecular flexibility index (Phi) is 4.69. The minimum absolute atomic E-state index is 0.0131. The van der Waals surface area contributed by atoms with Gasteiger partial charge in [-0.15, -0.1) is 0 Å². The molecule has 0 aliphatic heterocycles. The zero-order valence-electron chi connectivity index (χ0n) is 8.78. The molecular formula is C11H12F2O3. The maximum atomic E-state index is 12.1. The van der Waals surface area contributed by atoms with Crippen molar-refractivity contribution in [1.82, 2.24) is 0 Å². The van der Waals surface area contributed by atoms with E-state index in [0.29, 0.717) is 12.8 Å². The molecule has 0 unspecified atom stereocenters. The fraction of sp³-hybridized carbons (Fsp3) is 0.364. The number of carbonyl (C=O) groups is 1. The molecule has 16 heavy (non-hydrogen) atoms. The molecule has 0 saturated carbocycles. The van der Waals surface area contributed by atoms with Gasteiger partial charge >= 0.3 is 6.61 Å². The molecule has 0 saturated heterocycles. The average Bonchev–Trinajstić information content (AvgIpc) is 2.26. The second-order valence-corrected chi connectivity index (χ2v) is 3.07. The van der Waals surface area contributed by atoms with Crippen molar-refractivity contribution in [3.05, 3.63) is 23.8 Å². The van der Waals surface area contributed by atoms with Crippen molar-refractivity contribution in [2.45, 2.75) is 19.5 Å². The minimum Gasteiger partial charge on any atom is -0.493 e. The van der Waals surface area contributed by atoms with E-state index in [-0.39, 0.29) is 11.5 Å². The maximum absolute atomic E-state index is 12.1. The van der Waals surface area contributed by atoms with E-state index in [0.717, 1.165) is 11.8 Å². The molecule has 0 bridgehead atoms. The number of rotatable bonds is 6. The van der Waals surface area contributed by atoms with Gasteiger partial charge in [-0.3, -0.25) is 0 Å². The molecule has 0 amide bonds. The van der Waals surface area contributed by atoms with Gasteiger partial charge in [-0.05, 0) is 24.1 Å². The van der Waals surface area contributed by atoms with Crippen LogP contribution in [0.5, 0.6) is 11.5 Å². The highest BCUT2D eigenvalue weighted by Gasteiger charge is 2.10. The molecule has 1 rings (SSSR count). The molecular weight excluding hydrogens is 218 g/mol. The number of benzene rings is 1. The lowest BCUT2D eigenvalue weighted by Crippen LogP contribution is -2.04. The van der Waals surface area contributed by atoms with Crippen molar-refractivity contribution in [1.29, 1.82) is 0 Å². The number of ether oxygens (including phenoxy) is 2. The Balaban J connectivity index is 2.87. The Morgan fingerprint density at radius 1 is 1.38 bits per heavy atom. The highest BCUT2D eigenvalue weighted by atomic mass is 19.3. The van der Waals surface area contributed by atoms with E-state index in [1.165, 1.54) is 19.2 Å². The predicted molar refractivity (Wildman–Crippen MR) is 54.0 cm³/mol. The summed E-state index contributed by atoms with van der Waals surface area (Å²) in [5.74, 6) is 0.232. The zero-order valence-corrected chi connectivity index (χ0v) is 8.78. The molecule has 0 atom stereocenters. The van der Waals surface area contributed by atoms with Crippen LogP contribution in [-0.4, -0.2) is 20.0 Å². The zero-order chi connectivity index (χ0) is 12.0. The summed E-state index contributed by atoms with van der Waals surface area (Å²) < 4.78 is 33.4. The summed E-state index contributed by atoms with van der Waals surface area (Å²) >= 11 is 0. The number of halogens is 2. The summed E-state index contributed by atoms with van der Waals surface area (Å²) in [5.41, 5.74) is 0.753. The van der Waals surface area contributed by atoms with E-state index in [4.69, 9.17) is 4.74 Å². The molecule has 88 valence electrons. The summed E-state index contributed by atoms with van der Waals surface area (Å²) in [7, 11) is 1.37. The molecule has 0 spiro atoms. The molecule has 0 aromatic heterocycles. The van der Waals surface area contributed by atoms with Crippen LogP contribution in [0.2, 0.25) is 0 Å². The van der Waals surface area contributed by atoms with E-state index in [1.807, 2.05) is 0 Å². The summed E-state index contributed by atoms with van der Waals surface area (Å²) in [6, 6.07) is 4.70. The molecule has 1 aromatic rings. The van der Waals surface area contributed by atoms with Gasteiger partial charge in [0.25, 0.3) is 0 Å². The summed E-state index contributed by atoms with van der Waals surface area (Å²) in [5, 5.41) is 0. The van der Waals surface area contributed by atoms with E-state index in [9.17, 15) is 13.6 Å².